The number of hydrogen-bond donors (Lipinski definition) is 0. The van der Waals surface area contributed by atoms with Crippen molar-refractivity contribution >= 4 is 64.9 Å². The van der Waals surface area contributed by atoms with Crippen molar-refractivity contribution in [2.24, 2.45) is 5.10 Å². The Morgan fingerprint density at radius 2 is 1.68 bits per heavy atom. The zero-order valence-electron chi connectivity index (χ0n) is 18.4. The van der Waals surface area contributed by atoms with E-state index < -0.39 is 0 Å². The summed E-state index contributed by atoms with van der Waals surface area (Å²) in [5, 5.41) is 4.91. The van der Waals surface area contributed by atoms with Gasteiger partial charge in [0.2, 0.25) is 0 Å². The Kier molecular flexibility index (Phi) is 7.85. The second-order valence-electron chi connectivity index (χ2n) is 7.35. The molecule has 34 heavy (non-hydrogen) atoms. The van der Waals surface area contributed by atoms with Crippen molar-refractivity contribution in [2.45, 2.75) is 20.5 Å². The summed E-state index contributed by atoms with van der Waals surface area (Å²) < 4.78 is 15.7. The van der Waals surface area contributed by atoms with Crippen LogP contribution in [0.4, 0.5) is 0 Å². The molecule has 0 N–H and O–H groups in total. The maximum absolute atomic E-state index is 13.0. The number of benzene rings is 3. The fourth-order valence-corrected chi connectivity index (χ4v) is 4.34. The highest BCUT2D eigenvalue weighted by molar-refractivity contribution is 9.11. The Morgan fingerprint density at radius 1 is 0.971 bits per heavy atom. The summed E-state index contributed by atoms with van der Waals surface area (Å²) in [5.74, 6) is 1.69. The van der Waals surface area contributed by atoms with E-state index in [4.69, 9.17) is 9.47 Å². The highest BCUT2D eigenvalue weighted by Crippen LogP contribution is 2.34. The largest absolute Gasteiger partial charge is 0.490 e. The van der Waals surface area contributed by atoms with Gasteiger partial charge in [0.25, 0.3) is 5.56 Å². The first-order valence-electron chi connectivity index (χ1n) is 10.4. The maximum Gasteiger partial charge on any atom is 0.282 e. The van der Waals surface area contributed by atoms with Gasteiger partial charge in [-0.05, 0) is 77.8 Å². The van der Waals surface area contributed by atoms with E-state index in [0.717, 1.165) is 24.5 Å². The molecule has 0 unspecified atom stereocenters. The van der Waals surface area contributed by atoms with Gasteiger partial charge in [0.1, 0.15) is 12.4 Å². The molecule has 0 atom stereocenters. The van der Waals surface area contributed by atoms with Gasteiger partial charge in [-0.15, -0.1) is 0 Å². The number of ether oxygens (including phenoxy) is 2. The van der Waals surface area contributed by atoms with E-state index in [0.29, 0.717) is 41.4 Å². The average Bonchev–Trinajstić information content (AvgIpc) is 2.81. The molecule has 0 aliphatic carbocycles. The molecule has 0 spiro atoms. The Hall–Kier alpha value is -2.49. The molecule has 0 aliphatic rings. The lowest BCUT2D eigenvalue weighted by Crippen LogP contribution is -2.20. The zero-order chi connectivity index (χ0) is 24.2. The third-order valence-corrected chi connectivity index (χ3v) is 6.66. The predicted octanol–water partition coefficient (Wildman–Crippen LogP) is 6.85. The van der Waals surface area contributed by atoms with Crippen LogP contribution in [0.1, 0.15) is 23.9 Å². The molecule has 4 aromatic rings. The van der Waals surface area contributed by atoms with Crippen LogP contribution in [-0.2, 0) is 6.61 Å². The van der Waals surface area contributed by atoms with Crippen LogP contribution in [-0.4, -0.2) is 22.5 Å². The lowest BCUT2D eigenvalue weighted by molar-refractivity contribution is 0.269. The molecule has 6 nitrogen and oxygen atoms in total. The van der Waals surface area contributed by atoms with E-state index >= 15 is 0 Å². The predicted molar refractivity (Wildman–Crippen MR) is 145 cm³/mol. The van der Waals surface area contributed by atoms with Crippen molar-refractivity contribution in [1.29, 1.82) is 0 Å². The van der Waals surface area contributed by atoms with Crippen LogP contribution in [0.25, 0.3) is 10.9 Å². The highest BCUT2D eigenvalue weighted by Gasteiger charge is 2.12. The Balaban J connectivity index is 1.65. The normalized spacial score (nSPS) is 11.3. The average molecular weight is 650 g/mol. The van der Waals surface area contributed by atoms with Crippen LogP contribution in [0.3, 0.4) is 0 Å². The van der Waals surface area contributed by atoms with Crippen LogP contribution in [0.5, 0.6) is 11.5 Å². The number of aromatic nitrogens is 2. The fraction of sp³-hybridized carbons (Fsp3) is 0.160. The molecule has 0 aliphatic heterocycles. The fourth-order valence-electron chi connectivity index (χ4n) is 3.29. The van der Waals surface area contributed by atoms with E-state index in [-0.39, 0.29) is 5.56 Å². The van der Waals surface area contributed by atoms with Gasteiger partial charge >= 0.3 is 0 Å². The second kappa shape index (κ2) is 10.8. The summed E-state index contributed by atoms with van der Waals surface area (Å²) in [5.41, 5.74) is 2.16. The number of nitrogens with zero attached hydrogens (tertiary/aromatic N) is 3. The van der Waals surface area contributed by atoms with Crippen molar-refractivity contribution in [2.75, 3.05) is 6.61 Å². The van der Waals surface area contributed by atoms with Crippen molar-refractivity contribution in [3.63, 3.8) is 0 Å². The first-order valence-corrected chi connectivity index (χ1v) is 12.8. The summed E-state index contributed by atoms with van der Waals surface area (Å²) in [4.78, 5) is 17.5. The van der Waals surface area contributed by atoms with Crippen molar-refractivity contribution in [3.8, 4) is 11.5 Å². The molecule has 174 valence electrons. The second-order valence-corrected chi connectivity index (χ2v) is 10.0. The molecule has 0 saturated heterocycles. The molecule has 1 aromatic heterocycles. The molecule has 0 amide bonds. The number of hydrogen-bond acceptors (Lipinski definition) is 5. The smallest absolute Gasteiger partial charge is 0.282 e. The first kappa shape index (κ1) is 24.6. The van der Waals surface area contributed by atoms with E-state index in [1.165, 1.54) is 4.68 Å². The summed E-state index contributed by atoms with van der Waals surface area (Å²) in [6.45, 7) is 4.55. The molecular weight excluding hydrogens is 630 g/mol. The lowest BCUT2D eigenvalue weighted by Gasteiger charge is -2.14. The molecule has 3 aromatic carbocycles. The molecule has 1 heterocycles. The third-order valence-electron chi connectivity index (χ3n) is 4.95. The Labute approximate surface area is 222 Å². The topological polar surface area (TPSA) is 65.7 Å². The minimum absolute atomic E-state index is 0.240. The number of fused-ring (bicyclic) bond motifs is 1. The Bertz CT molecular complexity index is 1430. The molecule has 4 rings (SSSR count). The van der Waals surface area contributed by atoms with Gasteiger partial charge in [-0.1, -0.05) is 44.0 Å². The minimum Gasteiger partial charge on any atom is -0.490 e. The summed E-state index contributed by atoms with van der Waals surface area (Å²) >= 11 is 10.4. The molecule has 0 bridgehead atoms. The third kappa shape index (κ3) is 5.59. The van der Waals surface area contributed by atoms with Crippen LogP contribution in [0.2, 0.25) is 0 Å². The molecule has 0 radical (unpaired) electrons. The molecule has 9 heteroatoms. The van der Waals surface area contributed by atoms with Crippen molar-refractivity contribution in [1.82, 2.24) is 9.66 Å². The zero-order valence-corrected chi connectivity index (χ0v) is 23.1. The highest BCUT2D eigenvalue weighted by atomic mass is 79.9. The number of halogens is 3. The number of rotatable bonds is 7. The van der Waals surface area contributed by atoms with E-state index in [9.17, 15) is 4.79 Å². The summed E-state index contributed by atoms with van der Waals surface area (Å²) in [6, 6.07) is 17.0. The molecular formula is C25H20Br3N3O3. The minimum atomic E-state index is -0.240. The Morgan fingerprint density at radius 3 is 2.41 bits per heavy atom. The van der Waals surface area contributed by atoms with Crippen LogP contribution < -0.4 is 15.0 Å². The monoisotopic (exact) mass is 647 g/mol. The quantitative estimate of drug-likeness (QED) is 0.206. The molecule has 0 fully saturated rings. The van der Waals surface area contributed by atoms with Gasteiger partial charge in [-0.2, -0.15) is 9.78 Å². The molecule has 0 saturated carbocycles. The van der Waals surface area contributed by atoms with Gasteiger partial charge in [0.15, 0.2) is 11.5 Å². The van der Waals surface area contributed by atoms with Crippen molar-refractivity contribution < 1.29 is 9.47 Å². The van der Waals surface area contributed by atoms with Gasteiger partial charge < -0.3 is 9.47 Å². The van der Waals surface area contributed by atoms with Crippen molar-refractivity contribution in [3.05, 3.63) is 95.3 Å². The summed E-state index contributed by atoms with van der Waals surface area (Å²) in [7, 11) is 0. The van der Waals surface area contributed by atoms with Crippen LogP contribution in [0, 0.1) is 6.92 Å². The van der Waals surface area contributed by atoms with Crippen LogP contribution in [0.15, 0.2) is 77.9 Å². The van der Waals surface area contributed by atoms with Gasteiger partial charge in [-0.25, -0.2) is 4.98 Å². The number of aryl methyl sites for hydroxylation is 1. The maximum atomic E-state index is 13.0. The standard InChI is InChI=1S/C25H20Br3N3O3/c1-3-33-23-10-17(21(28)12-24(23)34-14-16-4-6-18(26)7-5-16)13-29-31-15(2)30-22-9-8-19(27)11-20(22)25(31)32/h4-13H,3,14H2,1-2H3. The van der Waals surface area contributed by atoms with E-state index in [1.54, 1.807) is 25.3 Å². The van der Waals surface area contributed by atoms with Gasteiger partial charge in [-0.3, -0.25) is 4.79 Å². The SMILES string of the molecule is CCOc1cc(C=Nn2c(C)nc3ccc(Br)cc3c2=O)c(Br)cc1OCc1ccc(Br)cc1. The first-order chi connectivity index (χ1) is 16.4. The van der Waals surface area contributed by atoms with Crippen LogP contribution >= 0.6 is 47.8 Å². The summed E-state index contributed by atoms with van der Waals surface area (Å²) in [6.07, 6.45) is 1.60. The van der Waals surface area contributed by atoms with E-state index in [2.05, 4.69) is 57.9 Å². The van der Waals surface area contributed by atoms with Gasteiger partial charge in [0, 0.05) is 19.0 Å². The van der Waals surface area contributed by atoms with E-state index in [1.807, 2.05) is 49.4 Å². The van der Waals surface area contributed by atoms with Gasteiger partial charge in [0.05, 0.1) is 23.7 Å². The lowest BCUT2D eigenvalue weighted by atomic mass is 10.2.